The van der Waals surface area contributed by atoms with Gasteiger partial charge in [-0.05, 0) is 41.0 Å². The van der Waals surface area contributed by atoms with Crippen molar-refractivity contribution in [2.24, 2.45) is 5.92 Å². The van der Waals surface area contributed by atoms with E-state index in [1.165, 1.54) is 27.3 Å². The Bertz CT molecular complexity index is 1040. The molecule has 2 aromatic rings. The zero-order valence-electron chi connectivity index (χ0n) is 19.1. The van der Waals surface area contributed by atoms with Crippen LogP contribution in [0.1, 0.15) is 26.3 Å². The fourth-order valence-electron chi connectivity index (χ4n) is 4.38. The number of aliphatic hydroxyl groups is 5. The Morgan fingerprint density at radius 1 is 1.03 bits per heavy atom. The van der Waals surface area contributed by atoms with Gasteiger partial charge in [0.25, 0.3) is 11.8 Å². The van der Waals surface area contributed by atoms with Gasteiger partial charge in [-0.2, -0.15) is 0 Å². The van der Waals surface area contributed by atoms with Crippen LogP contribution in [-0.2, 0) is 6.42 Å². The van der Waals surface area contributed by atoms with Crippen molar-refractivity contribution in [2.45, 2.75) is 30.3 Å². The lowest BCUT2D eigenvalue weighted by molar-refractivity contribution is -0.300. The van der Waals surface area contributed by atoms with Crippen molar-refractivity contribution in [2.75, 3.05) is 27.8 Å². The molecule has 0 aliphatic heterocycles. The third-order valence-corrected chi connectivity index (χ3v) is 6.48. The van der Waals surface area contributed by atoms with E-state index in [0.29, 0.717) is 33.6 Å². The summed E-state index contributed by atoms with van der Waals surface area (Å²) in [6.07, 6.45) is -4.54. The van der Waals surface area contributed by atoms with Gasteiger partial charge in [0.1, 0.15) is 17.5 Å². The van der Waals surface area contributed by atoms with Gasteiger partial charge in [0, 0.05) is 37.6 Å². The fraction of sp³-hybridized carbons (Fsp3) is 0.417. The minimum Gasteiger partial charge on any atom is -0.496 e. The Hall–Kier alpha value is -3.02. The Labute approximate surface area is 196 Å². The molecule has 1 aliphatic rings. The lowest BCUT2D eigenvalue weighted by atomic mass is 9.61. The lowest BCUT2D eigenvalue weighted by Gasteiger charge is -2.55. The molecule has 3 rings (SSSR count). The number of benzene rings is 2. The number of methoxy groups -OCH3 is 1. The predicted molar refractivity (Wildman–Crippen MR) is 122 cm³/mol. The van der Waals surface area contributed by atoms with E-state index in [2.05, 4.69) is 10.6 Å². The maximum atomic E-state index is 12.2. The largest absolute Gasteiger partial charge is 0.496 e. The van der Waals surface area contributed by atoms with Crippen LogP contribution in [0, 0.1) is 5.92 Å². The second-order valence-corrected chi connectivity index (χ2v) is 8.32. The van der Waals surface area contributed by atoms with Crippen LogP contribution in [-0.4, -0.2) is 89.1 Å². The number of hydrogen-bond acceptors (Lipinski definition) is 8. The van der Waals surface area contributed by atoms with Crippen molar-refractivity contribution >= 4 is 11.8 Å². The van der Waals surface area contributed by atoms with E-state index in [-0.39, 0.29) is 18.2 Å². The monoisotopic (exact) mass is 474 g/mol. The maximum Gasteiger partial charge on any atom is 0.251 e. The summed E-state index contributed by atoms with van der Waals surface area (Å²) in [5.41, 5.74) is 0.256. The van der Waals surface area contributed by atoms with E-state index in [4.69, 9.17) is 4.74 Å². The molecule has 2 aromatic carbocycles. The molecule has 34 heavy (non-hydrogen) atoms. The summed E-state index contributed by atoms with van der Waals surface area (Å²) >= 11 is 0. The average Bonchev–Trinajstić information content (AvgIpc) is 2.87. The van der Waals surface area contributed by atoms with Crippen LogP contribution in [0.5, 0.6) is 5.75 Å². The first-order valence-electron chi connectivity index (χ1n) is 10.8. The van der Waals surface area contributed by atoms with Gasteiger partial charge < -0.3 is 40.9 Å². The first-order chi connectivity index (χ1) is 16.1. The summed E-state index contributed by atoms with van der Waals surface area (Å²) in [7, 11) is 4.41. The van der Waals surface area contributed by atoms with Gasteiger partial charge >= 0.3 is 0 Å². The van der Waals surface area contributed by atoms with E-state index in [1.807, 2.05) is 0 Å². The molecule has 0 saturated heterocycles. The van der Waals surface area contributed by atoms with Gasteiger partial charge in [0.15, 0.2) is 0 Å². The van der Waals surface area contributed by atoms with E-state index in [1.54, 1.807) is 30.3 Å². The molecule has 184 valence electrons. The van der Waals surface area contributed by atoms with Crippen molar-refractivity contribution < 1.29 is 39.9 Å². The van der Waals surface area contributed by atoms with Crippen LogP contribution in [0.3, 0.4) is 0 Å². The number of aliphatic hydroxyl groups excluding tert-OH is 4. The second-order valence-electron chi connectivity index (χ2n) is 8.32. The molecule has 2 amide bonds. The number of amides is 2. The predicted octanol–water partition coefficient (Wildman–Crippen LogP) is -0.940. The summed E-state index contributed by atoms with van der Waals surface area (Å²) in [5.74, 6) is -1.43. The average molecular weight is 475 g/mol. The van der Waals surface area contributed by atoms with Crippen molar-refractivity contribution in [3.05, 3.63) is 53.1 Å². The van der Waals surface area contributed by atoms with E-state index in [9.17, 15) is 35.1 Å². The van der Waals surface area contributed by atoms with E-state index >= 15 is 0 Å². The molecule has 0 bridgehead atoms. The molecule has 0 aromatic heterocycles. The summed E-state index contributed by atoms with van der Waals surface area (Å²) < 4.78 is 5.46. The van der Waals surface area contributed by atoms with Gasteiger partial charge in [0.05, 0.1) is 25.9 Å². The SMILES string of the molecule is CNC(=O)c1cc(C(=O)NC)cc(-c2ccc(CC(O)C3(O)C(O)C(O)C3CO)c(OC)c2)c1. The summed E-state index contributed by atoms with van der Waals surface area (Å²) in [5, 5.41) is 55.7. The highest BCUT2D eigenvalue weighted by Crippen LogP contribution is 2.43. The normalized spacial score (nSPS) is 24.6. The smallest absolute Gasteiger partial charge is 0.251 e. The zero-order chi connectivity index (χ0) is 25.2. The molecule has 5 unspecified atom stereocenters. The molecule has 7 N–H and O–H groups in total. The van der Waals surface area contributed by atoms with Crippen LogP contribution < -0.4 is 15.4 Å². The molecular weight excluding hydrogens is 444 g/mol. The molecule has 1 fully saturated rings. The Balaban J connectivity index is 1.95. The van der Waals surface area contributed by atoms with Crippen LogP contribution in [0.2, 0.25) is 0 Å². The molecule has 10 heteroatoms. The van der Waals surface area contributed by atoms with Crippen LogP contribution in [0.4, 0.5) is 0 Å². The number of carbonyl (C=O) groups excluding carboxylic acids is 2. The van der Waals surface area contributed by atoms with Gasteiger partial charge in [-0.15, -0.1) is 0 Å². The quantitative estimate of drug-likeness (QED) is 0.257. The highest BCUT2D eigenvalue weighted by Gasteiger charge is 2.64. The number of rotatable bonds is 8. The molecule has 1 aliphatic carbocycles. The highest BCUT2D eigenvalue weighted by molar-refractivity contribution is 6.01. The Morgan fingerprint density at radius 3 is 2.12 bits per heavy atom. The van der Waals surface area contributed by atoms with Gasteiger partial charge in [-0.3, -0.25) is 9.59 Å². The summed E-state index contributed by atoms with van der Waals surface area (Å²) in [6, 6.07) is 9.78. The van der Waals surface area contributed by atoms with Gasteiger partial charge in [-0.25, -0.2) is 0 Å². The van der Waals surface area contributed by atoms with Crippen LogP contribution in [0.25, 0.3) is 11.1 Å². The number of hydrogen-bond donors (Lipinski definition) is 7. The topological polar surface area (TPSA) is 169 Å². The minimum absolute atomic E-state index is 0.123. The third-order valence-electron chi connectivity index (χ3n) is 6.48. The van der Waals surface area contributed by atoms with Crippen molar-refractivity contribution in [1.82, 2.24) is 10.6 Å². The fourth-order valence-corrected chi connectivity index (χ4v) is 4.38. The number of carbonyl (C=O) groups is 2. The third kappa shape index (κ3) is 4.38. The van der Waals surface area contributed by atoms with Gasteiger partial charge in [-0.1, -0.05) is 12.1 Å². The van der Waals surface area contributed by atoms with Crippen molar-refractivity contribution in [3.8, 4) is 16.9 Å². The molecule has 5 atom stereocenters. The molecule has 0 heterocycles. The zero-order valence-corrected chi connectivity index (χ0v) is 19.1. The first-order valence-corrected chi connectivity index (χ1v) is 10.8. The minimum atomic E-state index is -2.07. The number of ether oxygens (including phenoxy) is 1. The summed E-state index contributed by atoms with van der Waals surface area (Å²) in [6.45, 7) is -0.600. The molecule has 10 nitrogen and oxygen atoms in total. The maximum absolute atomic E-state index is 12.2. The lowest BCUT2D eigenvalue weighted by Crippen LogP contribution is -2.75. The standard InChI is InChI=1S/C24H30N2O8/c1-25-22(31)15-6-14(7-16(8-15)23(32)26-2)12-4-5-13(18(9-12)34-3)10-19(28)24(33)17(11-27)20(29)21(24)30/h4-9,17,19-21,27-30,33H,10-11H2,1-3H3,(H,25,31)(H,26,32). The summed E-state index contributed by atoms with van der Waals surface area (Å²) in [4.78, 5) is 24.4. The first kappa shape index (κ1) is 25.6. The van der Waals surface area contributed by atoms with Crippen molar-refractivity contribution in [1.29, 1.82) is 0 Å². The van der Waals surface area contributed by atoms with Crippen LogP contribution >= 0.6 is 0 Å². The molecule has 0 spiro atoms. The second kappa shape index (κ2) is 10.1. The Morgan fingerprint density at radius 2 is 1.62 bits per heavy atom. The highest BCUT2D eigenvalue weighted by atomic mass is 16.5. The van der Waals surface area contributed by atoms with Gasteiger partial charge in [0.2, 0.25) is 0 Å². The van der Waals surface area contributed by atoms with Crippen LogP contribution in [0.15, 0.2) is 36.4 Å². The Kier molecular flexibility index (Phi) is 7.59. The molecule has 1 saturated carbocycles. The molecular formula is C24H30N2O8. The number of nitrogens with one attached hydrogen (secondary N) is 2. The van der Waals surface area contributed by atoms with E-state index < -0.39 is 36.4 Å². The van der Waals surface area contributed by atoms with Crippen molar-refractivity contribution in [3.63, 3.8) is 0 Å². The van der Waals surface area contributed by atoms with E-state index in [0.717, 1.165) is 0 Å². The molecule has 0 radical (unpaired) electrons.